The Morgan fingerprint density at radius 3 is 2.15 bits per heavy atom. The molecule has 0 N–H and O–H groups in total. The van der Waals surface area contributed by atoms with Crippen LogP contribution in [0.25, 0.3) is 0 Å². The summed E-state index contributed by atoms with van der Waals surface area (Å²) in [6, 6.07) is 0. The zero-order valence-corrected chi connectivity index (χ0v) is 8.21. The molecule has 0 aliphatic carbocycles. The Balaban J connectivity index is 3.97. The number of alkyl halides is 5. The first kappa shape index (κ1) is 12.7. The molecular weight excluding hydrogens is 260 g/mol. The second-order valence-electron chi connectivity index (χ2n) is 2.29. The summed E-state index contributed by atoms with van der Waals surface area (Å²) >= 11 is 1.54. The summed E-state index contributed by atoms with van der Waals surface area (Å²) in [5, 5.41) is 0. The van der Waals surface area contributed by atoms with Gasteiger partial charge in [-0.2, -0.15) is 17.6 Å². The molecular formula is C6H7BrF4O2. The van der Waals surface area contributed by atoms with E-state index < -0.39 is 29.8 Å². The average Bonchev–Trinajstić information content (AvgIpc) is 1.82. The largest absolute Gasteiger partial charge is 0.466 e. The molecule has 0 unspecified atom stereocenters. The van der Waals surface area contributed by atoms with Crippen LogP contribution in [-0.4, -0.2) is 23.3 Å². The summed E-state index contributed by atoms with van der Waals surface area (Å²) in [5.74, 6) is -5.00. The molecule has 0 aliphatic rings. The highest BCUT2D eigenvalue weighted by Crippen LogP contribution is 2.41. The van der Waals surface area contributed by atoms with Crippen LogP contribution in [-0.2, 0) is 9.53 Å². The predicted molar refractivity (Wildman–Crippen MR) is 40.1 cm³/mol. The number of halogens is 5. The molecule has 0 aromatic heterocycles. The Morgan fingerprint density at radius 2 is 1.85 bits per heavy atom. The maximum Gasteiger partial charge on any atom is 0.363 e. The van der Waals surface area contributed by atoms with Gasteiger partial charge in [-0.3, -0.25) is 4.79 Å². The van der Waals surface area contributed by atoms with Gasteiger partial charge in [0, 0.05) is 6.92 Å². The minimum Gasteiger partial charge on any atom is -0.466 e. The van der Waals surface area contributed by atoms with Crippen molar-refractivity contribution in [1.82, 2.24) is 0 Å². The lowest BCUT2D eigenvalue weighted by Gasteiger charge is -2.20. The molecule has 0 aromatic rings. The van der Waals surface area contributed by atoms with Gasteiger partial charge in [0.2, 0.25) is 0 Å². The van der Waals surface area contributed by atoms with Crippen LogP contribution in [0, 0.1) is 0 Å². The lowest BCUT2D eigenvalue weighted by Crippen LogP contribution is -2.36. The van der Waals surface area contributed by atoms with E-state index in [1.165, 1.54) is 0 Å². The topological polar surface area (TPSA) is 26.3 Å². The molecule has 0 saturated carbocycles. The fourth-order valence-electron chi connectivity index (χ4n) is 0.465. The standard InChI is InChI=1S/C6H7BrF4O2/c1-4(12)13-3-2-5(8,9)6(7,10)11/h2-3H2,1H3. The predicted octanol–water partition coefficient (Wildman–Crippen LogP) is 2.56. The molecule has 0 aliphatic heterocycles. The van der Waals surface area contributed by atoms with E-state index in [2.05, 4.69) is 4.74 Å². The lowest BCUT2D eigenvalue weighted by atomic mass is 10.2. The van der Waals surface area contributed by atoms with E-state index in [9.17, 15) is 22.4 Å². The highest BCUT2D eigenvalue weighted by molar-refractivity contribution is 9.10. The second kappa shape index (κ2) is 4.26. The van der Waals surface area contributed by atoms with Crippen molar-refractivity contribution in [2.24, 2.45) is 0 Å². The SMILES string of the molecule is CC(=O)OCCC(F)(F)C(F)(F)Br. The normalized spacial score (nSPS) is 12.8. The average molecular weight is 267 g/mol. The maximum atomic E-state index is 12.4. The van der Waals surface area contributed by atoms with E-state index >= 15 is 0 Å². The molecule has 13 heavy (non-hydrogen) atoms. The van der Waals surface area contributed by atoms with Gasteiger partial charge in [-0.05, 0) is 15.9 Å². The zero-order chi connectivity index (χ0) is 10.7. The number of hydrogen-bond acceptors (Lipinski definition) is 2. The lowest BCUT2D eigenvalue weighted by molar-refractivity contribution is -0.164. The molecule has 0 heterocycles. The van der Waals surface area contributed by atoms with Crippen LogP contribution in [0.3, 0.4) is 0 Å². The minimum atomic E-state index is -4.28. The van der Waals surface area contributed by atoms with Crippen LogP contribution < -0.4 is 0 Å². The number of hydrogen-bond donors (Lipinski definition) is 0. The van der Waals surface area contributed by atoms with Gasteiger partial charge in [0.15, 0.2) is 0 Å². The van der Waals surface area contributed by atoms with Crippen LogP contribution >= 0.6 is 15.9 Å². The summed E-state index contributed by atoms with van der Waals surface area (Å²) < 4.78 is 53.0. The van der Waals surface area contributed by atoms with Gasteiger partial charge >= 0.3 is 16.7 Å². The molecule has 7 heteroatoms. The van der Waals surface area contributed by atoms with Crippen molar-refractivity contribution in [2.75, 3.05) is 6.61 Å². The third kappa shape index (κ3) is 4.44. The molecule has 78 valence electrons. The van der Waals surface area contributed by atoms with Gasteiger partial charge < -0.3 is 4.74 Å². The van der Waals surface area contributed by atoms with Gasteiger partial charge in [0.1, 0.15) is 0 Å². The molecule has 0 amide bonds. The Morgan fingerprint density at radius 1 is 1.38 bits per heavy atom. The number of carbonyl (C=O) groups is 1. The Kier molecular flexibility index (Phi) is 4.15. The number of ether oxygens (including phenoxy) is 1. The molecule has 0 fully saturated rings. The van der Waals surface area contributed by atoms with Gasteiger partial charge in [-0.1, -0.05) is 0 Å². The van der Waals surface area contributed by atoms with E-state index in [1.54, 1.807) is 15.9 Å². The van der Waals surface area contributed by atoms with Crippen molar-refractivity contribution in [3.63, 3.8) is 0 Å². The molecule has 0 saturated heterocycles. The summed E-state index contributed by atoms with van der Waals surface area (Å²) in [7, 11) is 0. The van der Waals surface area contributed by atoms with Crippen LogP contribution in [0.4, 0.5) is 17.6 Å². The smallest absolute Gasteiger partial charge is 0.363 e. The van der Waals surface area contributed by atoms with Crippen molar-refractivity contribution in [2.45, 2.75) is 24.1 Å². The quantitative estimate of drug-likeness (QED) is 0.444. The van der Waals surface area contributed by atoms with E-state index in [4.69, 9.17) is 0 Å². The van der Waals surface area contributed by atoms with E-state index in [-0.39, 0.29) is 0 Å². The van der Waals surface area contributed by atoms with Crippen molar-refractivity contribution in [3.05, 3.63) is 0 Å². The summed E-state index contributed by atoms with van der Waals surface area (Å²) in [4.78, 5) is 5.84. The zero-order valence-electron chi connectivity index (χ0n) is 6.62. The van der Waals surface area contributed by atoms with Crippen LogP contribution in [0.2, 0.25) is 0 Å². The van der Waals surface area contributed by atoms with E-state index in [0.717, 1.165) is 6.92 Å². The van der Waals surface area contributed by atoms with Crippen LogP contribution in [0.5, 0.6) is 0 Å². The molecule has 0 bridgehead atoms. The number of carbonyl (C=O) groups excluding carboxylic acids is 1. The van der Waals surface area contributed by atoms with Gasteiger partial charge in [-0.25, -0.2) is 0 Å². The molecule has 0 aromatic carbocycles. The molecule has 0 radical (unpaired) electrons. The molecule has 2 nitrogen and oxygen atoms in total. The monoisotopic (exact) mass is 266 g/mol. The fraction of sp³-hybridized carbons (Fsp3) is 0.833. The molecule has 0 rings (SSSR count). The first-order chi connectivity index (χ1) is 5.67. The maximum absolute atomic E-state index is 12.4. The second-order valence-corrected chi connectivity index (χ2v) is 3.29. The molecule has 0 spiro atoms. The van der Waals surface area contributed by atoms with Gasteiger partial charge in [0.05, 0.1) is 13.0 Å². The number of rotatable bonds is 4. The highest BCUT2D eigenvalue weighted by atomic mass is 79.9. The van der Waals surface area contributed by atoms with Gasteiger partial charge in [-0.15, -0.1) is 0 Å². The van der Waals surface area contributed by atoms with Crippen molar-refractivity contribution < 1.29 is 27.1 Å². The fourth-order valence-corrected chi connectivity index (χ4v) is 0.663. The summed E-state index contributed by atoms with van der Waals surface area (Å²) in [5.41, 5.74) is 0. The van der Waals surface area contributed by atoms with Crippen LogP contribution in [0.15, 0.2) is 0 Å². The van der Waals surface area contributed by atoms with Crippen molar-refractivity contribution >= 4 is 21.9 Å². The third-order valence-electron chi connectivity index (χ3n) is 1.14. The summed E-state index contributed by atoms with van der Waals surface area (Å²) in [6.07, 6.45) is -1.22. The molecule has 0 atom stereocenters. The summed E-state index contributed by atoms with van der Waals surface area (Å²) in [6.45, 7) is 0.272. The number of esters is 1. The minimum absolute atomic E-state index is 0.733. The van der Waals surface area contributed by atoms with E-state index in [0.29, 0.717) is 0 Å². The van der Waals surface area contributed by atoms with Crippen molar-refractivity contribution in [1.29, 1.82) is 0 Å². The Bertz CT molecular complexity index is 190. The first-order valence-electron chi connectivity index (χ1n) is 3.25. The first-order valence-corrected chi connectivity index (χ1v) is 4.04. The van der Waals surface area contributed by atoms with Crippen LogP contribution in [0.1, 0.15) is 13.3 Å². The Hall–Kier alpha value is -0.330. The van der Waals surface area contributed by atoms with E-state index in [1.807, 2.05) is 0 Å². The van der Waals surface area contributed by atoms with Crippen molar-refractivity contribution in [3.8, 4) is 0 Å². The Labute approximate surface area is 80.4 Å². The third-order valence-corrected chi connectivity index (χ3v) is 1.72. The van der Waals surface area contributed by atoms with Gasteiger partial charge in [0.25, 0.3) is 0 Å². The highest BCUT2D eigenvalue weighted by Gasteiger charge is 2.53.